The van der Waals surface area contributed by atoms with Crippen LogP contribution in [0.3, 0.4) is 0 Å². The number of carbonyl (C=O) groups is 3. The molecule has 0 spiro atoms. The van der Waals surface area contributed by atoms with Crippen molar-refractivity contribution < 1.29 is 60.0 Å². The molecule has 1 heterocycles. The van der Waals surface area contributed by atoms with E-state index in [2.05, 4.69) is 0 Å². The molecule has 13 nitrogen and oxygen atoms in total. The predicted molar refractivity (Wildman–Crippen MR) is 114 cm³/mol. The van der Waals surface area contributed by atoms with Gasteiger partial charge in [-0.15, -0.1) is 0 Å². The molecule has 5 unspecified atom stereocenters. The van der Waals surface area contributed by atoms with Gasteiger partial charge in [0.15, 0.2) is 11.6 Å². The lowest BCUT2D eigenvalue weighted by Gasteiger charge is -2.40. The number of aliphatic hydroxyl groups is 4. The lowest BCUT2D eigenvalue weighted by molar-refractivity contribution is -0.232. The van der Waals surface area contributed by atoms with Gasteiger partial charge >= 0.3 is 5.97 Å². The summed E-state index contributed by atoms with van der Waals surface area (Å²) in [4.78, 5) is 38.2. The van der Waals surface area contributed by atoms with E-state index in [-0.39, 0.29) is 5.56 Å². The minimum absolute atomic E-state index is 0.267. The van der Waals surface area contributed by atoms with Crippen molar-refractivity contribution in [1.29, 1.82) is 0 Å². The lowest BCUT2D eigenvalue weighted by atomic mass is 9.77. The number of hydrogen-bond donors (Lipinski definition) is 9. The Kier molecular flexibility index (Phi) is 5.70. The Morgan fingerprint density at radius 1 is 0.971 bits per heavy atom. The first kappa shape index (κ1) is 24.4. The van der Waals surface area contributed by atoms with Gasteiger partial charge in [0.05, 0.1) is 29.0 Å². The Balaban J connectivity index is 1.99. The third kappa shape index (κ3) is 3.25. The van der Waals surface area contributed by atoms with Crippen LogP contribution in [0.5, 0.6) is 17.2 Å². The summed E-state index contributed by atoms with van der Waals surface area (Å²) in [7, 11) is 0. The van der Waals surface area contributed by atoms with Crippen LogP contribution < -0.4 is 5.73 Å². The number of phenolic OH excluding ortho intramolecular Hbond substituents is 2. The fraction of sp³-hybridized carbons (Fsp3) is 0.318. The lowest BCUT2D eigenvalue weighted by Crippen LogP contribution is -2.55. The van der Waals surface area contributed by atoms with E-state index in [1.165, 1.54) is 6.92 Å². The number of fused-ring (bicyclic) bond motifs is 2. The zero-order valence-corrected chi connectivity index (χ0v) is 18.0. The molecule has 10 N–H and O–H groups in total. The standard InChI is InChI=1S/C22H21NO12/c1-4-8-5(2-6(25)9(4)22(33)34)14(26)10-11(16(8)28)17(29)12(18(30)13(10)23)21-20(32)19(31)15(27)7(3-24)35-21/h2,7,15,19-21,24-25,27,29-32H,3,23H2,1H3,(H,33,34). The van der Waals surface area contributed by atoms with E-state index in [1.54, 1.807) is 0 Å². The number of nitrogen functional groups attached to an aromatic ring is 1. The zero-order chi connectivity index (χ0) is 26.1. The molecule has 0 saturated carbocycles. The maximum absolute atomic E-state index is 13.4. The summed E-state index contributed by atoms with van der Waals surface area (Å²) in [5, 5.41) is 81.2. The van der Waals surface area contributed by atoms with E-state index in [4.69, 9.17) is 10.5 Å². The van der Waals surface area contributed by atoms with Crippen molar-refractivity contribution in [2.45, 2.75) is 37.4 Å². The van der Waals surface area contributed by atoms with Gasteiger partial charge in [-0.1, -0.05) is 0 Å². The smallest absolute Gasteiger partial charge is 0.339 e. The molecule has 1 saturated heterocycles. The highest BCUT2D eigenvalue weighted by atomic mass is 16.5. The minimum atomic E-state index is -1.97. The van der Waals surface area contributed by atoms with Gasteiger partial charge in [0.2, 0.25) is 0 Å². The van der Waals surface area contributed by atoms with Crippen molar-refractivity contribution in [2.75, 3.05) is 12.3 Å². The van der Waals surface area contributed by atoms with E-state index in [9.17, 15) is 55.2 Å². The van der Waals surface area contributed by atoms with E-state index in [1.807, 2.05) is 0 Å². The number of nitrogens with two attached hydrogens (primary N) is 1. The monoisotopic (exact) mass is 491 g/mol. The van der Waals surface area contributed by atoms with Crippen LogP contribution in [0, 0.1) is 6.92 Å². The van der Waals surface area contributed by atoms with Gasteiger partial charge in [-0.2, -0.15) is 0 Å². The number of carboxylic acids is 1. The molecule has 0 aromatic heterocycles. The first-order valence-electron chi connectivity index (χ1n) is 10.2. The number of rotatable bonds is 3. The Hall–Kier alpha value is -3.75. The number of phenols is 3. The normalized spacial score (nSPS) is 25.8. The summed E-state index contributed by atoms with van der Waals surface area (Å²) in [5.41, 5.74) is 1.42. The van der Waals surface area contributed by atoms with Gasteiger partial charge in [-0.3, -0.25) is 9.59 Å². The first-order chi connectivity index (χ1) is 16.3. The summed E-state index contributed by atoms with van der Waals surface area (Å²) >= 11 is 0. The molecule has 0 bridgehead atoms. The van der Waals surface area contributed by atoms with E-state index in [0.717, 1.165) is 6.07 Å². The van der Waals surface area contributed by atoms with Gasteiger partial charge in [-0.05, 0) is 18.6 Å². The topological polar surface area (TPSA) is 248 Å². The molecule has 4 rings (SSSR count). The SMILES string of the molecule is Cc1c(C(=O)O)c(O)cc2c1C(=O)c1c(O)c(C3OC(CO)C(O)C(O)C3O)c(O)c(N)c1C2=O. The number of carboxylic acid groups (broad SMARTS) is 1. The molecule has 5 atom stereocenters. The van der Waals surface area contributed by atoms with Crippen molar-refractivity contribution in [3.8, 4) is 17.2 Å². The average Bonchev–Trinajstić information content (AvgIpc) is 2.79. The van der Waals surface area contributed by atoms with Crippen LogP contribution >= 0.6 is 0 Å². The highest BCUT2D eigenvalue weighted by Crippen LogP contribution is 2.50. The number of aromatic hydroxyl groups is 3. The third-order valence-corrected chi connectivity index (χ3v) is 6.39. The van der Waals surface area contributed by atoms with Crippen molar-refractivity contribution in [3.63, 3.8) is 0 Å². The molecule has 1 fully saturated rings. The largest absolute Gasteiger partial charge is 0.507 e. The molecule has 2 aliphatic rings. The second-order valence-electron chi connectivity index (χ2n) is 8.31. The van der Waals surface area contributed by atoms with E-state index < -0.39 is 111 Å². The maximum Gasteiger partial charge on any atom is 0.339 e. The fourth-order valence-corrected chi connectivity index (χ4v) is 4.63. The van der Waals surface area contributed by atoms with Crippen molar-refractivity contribution >= 4 is 23.2 Å². The Bertz CT molecular complexity index is 1300. The molecule has 2 aromatic carbocycles. The summed E-state index contributed by atoms with van der Waals surface area (Å²) in [5.74, 6) is -6.46. The minimum Gasteiger partial charge on any atom is -0.507 e. The highest BCUT2D eigenvalue weighted by molar-refractivity contribution is 6.32. The average molecular weight is 491 g/mol. The molecule has 1 aliphatic carbocycles. The van der Waals surface area contributed by atoms with Crippen molar-refractivity contribution in [3.05, 3.63) is 45.0 Å². The van der Waals surface area contributed by atoms with Gasteiger partial charge in [0.25, 0.3) is 0 Å². The molecule has 2 aromatic rings. The number of benzene rings is 2. The Morgan fingerprint density at radius 2 is 1.60 bits per heavy atom. The summed E-state index contributed by atoms with van der Waals surface area (Å²) in [6.45, 7) is 0.354. The number of hydrogen-bond acceptors (Lipinski definition) is 12. The van der Waals surface area contributed by atoms with Crippen LogP contribution in [0.1, 0.15) is 59.4 Å². The quantitative estimate of drug-likeness (QED) is 0.117. The predicted octanol–water partition coefficient (Wildman–Crippen LogP) is -1.32. The van der Waals surface area contributed by atoms with Gasteiger partial charge in [-0.25, -0.2) is 4.79 Å². The number of aromatic carboxylic acids is 1. The van der Waals surface area contributed by atoms with Crippen LogP contribution in [-0.4, -0.2) is 89.4 Å². The second-order valence-corrected chi connectivity index (χ2v) is 8.31. The number of anilines is 1. The molecule has 0 radical (unpaired) electrons. The molecular formula is C22H21NO12. The Labute approximate surface area is 195 Å². The van der Waals surface area contributed by atoms with Crippen LogP contribution in [-0.2, 0) is 4.74 Å². The number of ether oxygens (including phenoxy) is 1. The molecule has 0 amide bonds. The third-order valence-electron chi connectivity index (χ3n) is 6.39. The fourth-order valence-electron chi connectivity index (χ4n) is 4.63. The summed E-state index contributed by atoms with van der Waals surface area (Å²) in [6.07, 6.45) is -8.87. The maximum atomic E-state index is 13.4. The van der Waals surface area contributed by atoms with Gasteiger partial charge < -0.3 is 51.3 Å². The van der Waals surface area contributed by atoms with Crippen LogP contribution in [0.25, 0.3) is 0 Å². The Morgan fingerprint density at radius 3 is 2.17 bits per heavy atom. The summed E-state index contributed by atoms with van der Waals surface area (Å²) in [6, 6.07) is 0.772. The first-order valence-corrected chi connectivity index (χ1v) is 10.2. The highest BCUT2D eigenvalue weighted by Gasteiger charge is 2.48. The van der Waals surface area contributed by atoms with E-state index in [0.29, 0.717) is 0 Å². The number of ketones is 2. The molecule has 13 heteroatoms. The van der Waals surface area contributed by atoms with Crippen molar-refractivity contribution in [2.24, 2.45) is 0 Å². The van der Waals surface area contributed by atoms with Crippen molar-refractivity contribution in [1.82, 2.24) is 0 Å². The van der Waals surface area contributed by atoms with Crippen LogP contribution in [0.2, 0.25) is 0 Å². The molecule has 35 heavy (non-hydrogen) atoms. The second kappa shape index (κ2) is 8.18. The number of carbonyl (C=O) groups excluding carboxylic acids is 2. The number of aliphatic hydroxyl groups excluding tert-OH is 4. The molecule has 1 aliphatic heterocycles. The molecule has 186 valence electrons. The van der Waals surface area contributed by atoms with E-state index >= 15 is 0 Å². The van der Waals surface area contributed by atoms with Crippen LogP contribution in [0.4, 0.5) is 5.69 Å². The zero-order valence-electron chi connectivity index (χ0n) is 18.0. The summed E-state index contributed by atoms with van der Waals surface area (Å²) < 4.78 is 5.35. The van der Waals surface area contributed by atoms with Crippen LogP contribution in [0.15, 0.2) is 6.07 Å². The van der Waals surface area contributed by atoms with Gasteiger partial charge in [0, 0.05) is 11.1 Å². The molecular weight excluding hydrogens is 470 g/mol. The van der Waals surface area contributed by atoms with Gasteiger partial charge in [0.1, 0.15) is 53.3 Å².